The lowest BCUT2D eigenvalue weighted by molar-refractivity contribution is -0.139. The van der Waals surface area contributed by atoms with Crippen molar-refractivity contribution < 1.29 is 19.0 Å². The van der Waals surface area contributed by atoms with Crippen molar-refractivity contribution >= 4 is 34.2 Å². The summed E-state index contributed by atoms with van der Waals surface area (Å²) in [6.07, 6.45) is 3.07. The van der Waals surface area contributed by atoms with Crippen molar-refractivity contribution in [1.29, 1.82) is 0 Å². The second kappa shape index (κ2) is 9.57. The summed E-state index contributed by atoms with van der Waals surface area (Å²) in [5.41, 5.74) is 2.44. The summed E-state index contributed by atoms with van der Waals surface area (Å²) in [7, 11) is 3.23. The van der Waals surface area contributed by atoms with Crippen molar-refractivity contribution in [3.63, 3.8) is 0 Å². The Morgan fingerprint density at radius 3 is 2.64 bits per heavy atom. The minimum Gasteiger partial charge on any atom is -0.497 e. The number of ether oxygens (including phenoxy) is 3. The number of anilines is 2. The highest BCUT2D eigenvalue weighted by Gasteiger charge is 2.05. The molecule has 6 nitrogen and oxygen atoms in total. The zero-order valence-corrected chi connectivity index (χ0v) is 16.4. The summed E-state index contributed by atoms with van der Waals surface area (Å²) in [4.78, 5) is 16.3. The van der Waals surface area contributed by atoms with Gasteiger partial charge in [0.2, 0.25) is 0 Å². The molecule has 1 heterocycles. The van der Waals surface area contributed by atoms with Crippen LogP contribution in [0, 0.1) is 0 Å². The predicted molar refractivity (Wildman–Crippen MR) is 110 cm³/mol. The molecule has 0 bridgehead atoms. The maximum atomic E-state index is 11.9. The van der Waals surface area contributed by atoms with Gasteiger partial charge in [-0.3, -0.25) is 0 Å². The number of esters is 1. The summed E-state index contributed by atoms with van der Waals surface area (Å²) in [6.45, 7) is 0.113. The van der Waals surface area contributed by atoms with Gasteiger partial charge in [0.1, 0.15) is 18.1 Å². The first-order valence-electron chi connectivity index (χ1n) is 8.50. The fraction of sp³-hybridized carbons (Fsp3) is 0.143. The molecule has 7 heteroatoms. The third kappa shape index (κ3) is 5.59. The predicted octanol–water partition coefficient (Wildman–Crippen LogP) is 4.66. The summed E-state index contributed by atoms with van der Waals surface area (Å²) in [5, 5.41) is 5.78. The van der Waals surface area contributed by atoms with Crippen LogP contribution in [0.1, 0.15) is 11.3 Å². The number of carbonyl (C=O) groups excluding carboxylic acids is 1. The average molecular weight is 396 g/mol. The molecule has 1 aromatic heterocycles. The van der Waals surface area contributed by atoms with E-state index in [4.69, 9.17) is 14.2 Å². The first kappa shape index (κ1) is 19.4. The summed E-state index contributed by atoms with van der Waals surface area (Å²) in [6, 6.07) is 15.0. The molecule has 0 fully saturated rings. The average Bonchev–Trinajstić information content (AvgIpc) is 3.18. The number of hydrogen-bond donors (Lipinski definition) is 1. The Morgan fingerprint density at radius 1 is 1.11 bits per heavy atom. The molecule has 0 saturated heterocycles. The van der Waals surface area contributed by atoms with Crippen molar-refractivity contribution in [3.05, 3.63) is 71.2 Å². The van der Waals surface area contributed by atoms with E-state index in [2.05, 4.69) is 10.3 Å². The molecule has 0 unspecified atom stereocenters. The van der Waals surface area contributed by atoms with E-state index in [1.807, 2.05) is 53.9 Å². The van der Waals surface area contributed by atoms with Crippen LogP contribution >= 0.6 is 11.3 Å². The number of carbonyl (C=O) groups is 1. The van der Waals surface area contributed by atoms with E-state index < -0.39 is 5.97 Å². The molecule has 3 rings (SSSR count). The van der Waals surface area contributed by atoms with Crippen molar-refractivity contribution in [2.24, 2.45) is 0 Å². The second-order valence-electron chi connectivity index (χ2n) is 5.72. The normalized spacial score (nSPS) is 10.6. The zero-order valence-electron chi connectivity index (χ0n) is 15.5. The van der Waals surface area contributed by atoms with Gasteiger partial charge in [0, 0.05) is 17.1 Å². The highest BCUT2D eigenvalue weighted by atomic mass is 32.1. The molecule has 144 valence electrons. The molecule has 28 heavy (non-hydrogen) atoms. The van der Waals surface area contributed by atoms with E-state index >= 15 is 0 Å². The standard InChI is InChI=1S/C21H20N2O4S/c1-25-18-9-7-16(8-10-18)22-21-23-17(14-28-21)13-27-20(24)11-6-15-4-3-5-19(12-15)26-2/h3-12,14H,13H2,1-2H3,(H,22,23)/b11-6+. The topological polar surface area (TPSA) is 69.7 Å². The Kier molecular flexibility index (Phi) is 6.64. The van der Waals surface area contributed by atoms with Gasteiger partial charge in [0.25, 0.3) is 0 Å². The van der Waals surface area contributed by atoms with Gasteiger partial charge in [0.05, 0.1) is 19.9 Å². The molecule has 0 amide bonds. The van der Waals surface area contributed by atoms with Crippen LogP contribution in [0.5, 0.6) is 11.5 Å². The van der Waals surface area contributed by atoms with Crippen LogP contribution in [0.4, 0.5) is 10.8 Å². The number of hydrogen-bond acceptors (Lipinski definition) is 7. The Hall–Kier alpha value is -3.32. The van der Waals surface area contributed by atoms with Crippen LogP contribution in [0.25, 0.3) is 6.08 Å². The Balaban J connectivity index is 1.50. The largest absolute Gasteiger partial charge is 0.497 e. The highest BCUT2D eigenvalue weighted by molar-refractivity contribution is 7.13. The third-order valence-electron chi connectivity index (χ3n) is 3.76. The molecular formula is C21H20N2O4S. The molecule has 0 saturated carbocycles. The summed E-state index contributed by atoms with van der Waals surface area (Å²) >= 11 is 1.44. The zero-order chi connectivity index (χ0) is 19.8. The minimum atomic E-state index is -0.430. The lowest BCUT2D eigenvalue weighted by Crippen LogP contribution is -2.01. The molecule has 0 aliphatic rings. The molecule has 0 radical (unpaired) electrons. The number of methoxy groups -OCH3 is 2. The molecule has 0 aliphatic carbocycles. The van der Waals surface area contributed by atoms with Crippen molar-refractivity contribution in [2.75, 3.05) is 19.5 Å². The monoisotopic (exact) mass is 396 g/mol. The Bertz CT molecular complexity index is 951. The van der Waals surface area contributed by atoms with Gasteiger partial charge in [-0.2, -0.15) is 0 Å². The quantitative estimate of drug-likeness (QED) is 0.441. The summed E-state index contributed by atoms with van der Waals surface area (Å²) in [5.74, 6) is 1.09. The van der Waals surface area contributed by atoms with Gasteiger partial charge >= 0.3 is 5.97 Å². The summed E-state index contributed by atoms with van der Waals surface area (Å²) < 4.78 is 15.5. The van der Waals surface area contributed by atoms with Crippen LogP contribution in [-0.2, 0) is 16.1 Å². The fourth-order valence-electron chi connectivity index (χ4n) is 2.33. The number of benzene rings is 2. The van der Waals surface area contributed by atoms with Crippen LogP contribution in [-0.4, -0.2) is 25.2 Å². The van der Waals surface area contributed by atoms with E-state index in [1.54, 1.807) is 20.3 Å². The van der Waals surface area contributed by atoms with E-state index in [0.29, 0.717) is 5.69 Å². The lowest BCUT2D eigenvalue weighted by Gasteiger charge is -2.04. The van der Waals surface area contributed by atoms with Gasteiger partial charge < -0.3 is 19.5 Å². The number of thiazole rings is 1. The first-order valence-corrected chi connectivity index (χ1v) is 9.38. The van der Waals surface area contributed by atoms with Gasteiger partial charge in [-0.15, -0.1) is 11.3 Å². The molecule has 1 N–H and O–H groups in total. The Morgan fingerprint density at radius 2 is 1.89 bits per heavy atom. The first-order chi connectivity index (χ1) is 13.7. The number of aromatic nitrogens is 1. The van der Waals surface area contributed by atoms with Crippen LogP contribution < -0.4 is 14.8 Å². The SMILES string of the molecule is COc1ccc(Nc2nc(COC(=O)/C=C/c3cccc(OC)c3)cs2)cc1. The van der Waals surface area contributed by atoms with Gasteiger partial charge in [-0.25, -0.2) is 9.78 Å². The molecule has 3 aromatic rings. The minimum absolute atomic E-state index is 0.113. The van der Waals surface area contributed by atoms with Crippen molar-refractivity contribution in [3.8, 4) is 11.5 Å². The highest BCUT2D eigenvalue weighted by Crippen LogP contribution is 2.23. The molecule has 0 atom stereocenters. The Labute approximate surface area is 167 Å². The van der Waals surface area contributed by atoms with Gasteiger partial charge in [-0.1, -0.05) is 12.1 Å². The van der Waals surface area contributed by atoms with Crippen LogP contribution in [0.15, 0.2) is 60.0 Å². The maximum Gasteiger partial charge on any atom is 0.331 e. The molecule has 0 aliphatic heterocycles. The molecule has 0 spiro atoms. The van der Waals surface area contributed by atoms with E-state index in [-0.39, 0.29) is 6.61 Å². The molecular weight excluding hydrogens is 376 g/mol. The van der Waals surface area contributed by atoms with Crippen molar-refractivity contribution in [1.82, 2.24) is 4.98 Å². The van der Waals surface area contributed by atoms with Crippen molar-refractivity contribution in [2.45, 2.75) is 6.61 Å². The number of nitrogens with zero attached hydrogens (tertiary/aromatic N) is 1. The van der Waals surface area contributed by atoms with E-state index in [9.17, 15) is 4.79 Å². The fourth-order valence-corrected chi connectivity index (χ4v) is 3.05. The molecule has 2 aromatic carbocycles. The maximum absolute atomic E-state index is 11.9. The van der Waals surface area contributed by atoms with Crippen LogP contribution in [0.3, 0.4) is 0 Å². The van der Waals surface area contributed by atoms with Crippen LogP contribution in [0.2, 0.25) is 0 Å². The van der Waals surface area contributed by atoms with E-state index in [1.165, 1.54) is 17.4 Å². The lowest BCUT2D eigenvalue weighted by atomic mass is 10.2. The smallest absolute Gasteiger partial charge is 0.331 e. The number of rotatable bonds is 8. The van der Waals surface area contributed by atoms with Gasteiger partial charge in [-0.05, 0) is 48.0 Å². The van der Waals surface area contributed by atoms with Gasteiger partial charge in [0.15, 0.2) is 5.13 Å². The third-order valence-corrected chi connectivity index (χ3v) is 4.57. The number of nitrogens with one attached hydrogen (secondary N) is 1. The van der Waals surface area contributed by atoms with E-state index in [0.717, 1.165) is 27.9 Å². The second-order valence-corrected chi connectivity index (χ2v) is 6.57.